The Kier molecular flexibility index (Phi) is 6.72. The highest BCUT2D eigenvalue weighted by Crippen LogP contribution is 2.34. The van der Waals surface area contributed by atoms with Crippen molar-refractivity contribution in [3.8, 4) is 0 Å². The van der Waals surface area contributed by atoms with Crippen LogP contribution in [0.15, 0.2) is 23.1 Å². The number of aliphatic carboxylic acids is 1. The van der Waals surface area contributed by atoms with Gasteiger partial charge in [0.15, 0.2) is 5.60 Å². The normalized spacial score (nSPS) is 17.6. The second kappa shape index (κ2) is 8.58. The first-order chi connectivity index (χ1) is 11.8. The van der Waals surface area contributed by atoms with E-state index in [2.05, 4.69) is 16.7 Å². The fourth-order valence-electron chi connectivity index (χ4n) is 2.72. The molecular weight excluding hydrogens is 340 g/mol. The van der Waals surface area contributed by atoms with Gasteiger partial charge in [0.05, 0.1) is 6.54 Å². The van der Waals surface area contributed by atoms with E-state index in [1.54, 1.807) is 0 Å². The lowest BCUT2D eigenvalue weighted by Crippen LogP contribution is -2.47. The molecule has 0 aliphatic heterocycles. The summed E-state index contributed by atoms with van der Waals surface area (Å²) in [5, 5.41) is 24.2. The lowest BCUT2D eigenvalue weighted by Gasteiger charge is -2.21. The summed E-state index contributed by atoms with van der Waals surface area (Å²) in [5.74, 6) is -1.38. The molecule has 1 aromatic rings. The molecule has 1 unspecified atom stereocenters. The Balaban J connectivity index is 1.89. The van der Waals surface area contributed by atoms with E-state index in [-0.39, 0.29) is 6.54 Å². The summed E-state index contributed by atoms with van der Waals surface area (Å²) in [6.45, 7) is 2.69. The molecule has 25 heavy (non-hydrogen) atoms. The minimum absolute atomic E-state index is 0.372. The van der Waals surface area contributed by atoms with Crippen LogP contribution in [0.1, 0.15) is 44.6 Å². The van der Waals surface area contributed by atoms with Gasteiger partial charge in [-0.1, -0.05) is 19.3 Å². The SMILES string of the molecule is Cc1cc(SC2CCCCC2)ccc1NC(=O)NCC(C)(O)C(=O)O. The van der Waals surface area contributed by atoms with Gasteiger partial charge in [-0.25, -0.2) is 9.59 Å². The summed E-state index contributed by atoms with van der Waals surface area (Å²) in [6.07, 6.45) is 6.46. The standard InChI is InChI=1S/C18H26N2O4S/c1-12-10-14(25-13-6-4-3-5-7-13)8-9-15(12)20-17(23)19-11-18(2,24)16(21)22/h8-10,13,24H,3-7,11H2,1-2H3,(H,21,22)(H2,19,20,23). The van der Waals surface area contributed by atoms with Crippen LogP contribution >= 0.6 is 11.8 Å². The molecule has 0 bridgehead atoms. The second-order valence-corrected chi connectivity index (χ2v) is 8.12. The predicted octanol–water partition coefficient (Wildman–Crippen LogP) is 3.38. The molecule has 0 aromatic heterocycles. The second-order valence-electron chi connectivity index (χ2n) is 6.74. The molecule has 1 fully saturated rings. The van der Waals surface area contributed by atoms with E-state index in [1.165, 1.54) is 37.0 Å². The highest BCUT2D eigenvalue weighted by Gasteiger charge is 2.30. The number of benzene rings is 1. The van der Waals surface area contributed by atoms with E-state index in [0.717, 1.165) is 12.5 Å². The Morgan fingerprint density at radius 1 is 1.28 bits per heavy atom. The van der Waals surface area contributed by atoms with E-state index in [9.17, 15) is 14.7 Å². The fraction of sp³-hybridized carbons (Fsp3) is 0.556. The molecule has 1 atom stereocenters. The molecule has 4 N–H and O–H groups in total. The number of hydrogen-bond acceptors (Lipinski definition) is 4. The Labute approximate surface area is 152 Å². The molecule has 1 aliphatic carbocycles. The summed E-state index contributed by atoms with van der Waals surface area (Å²) in [6, 6.07) is 5.37. The van der Waals surface area contributed by atoms with Gasteiger partial charge in [0.25, 0.3) is 0 Å². The molecule has 1 aromatic carbocycles. The van der Waals surface area contributed by atoms with Crippen molar-refractivity contribution < 1.29 is 19.8 Å². The van der Waals surface area contributed by atoms with Crippen molar-refractivity contribution in [2.45, 2.75) is 61.7 Å². The molecule has 0 spiro atoms. The number of carbonyl (C=O) groups is 2. The minimum atomic E-state index is -1.99. The Hall–Kier alpha value is -1.73. The number of nitrogens with one attached hydrogen (secondary N) is 2. The molecule has 2 amide bonds. The molecular formula is C18H26N2O4S. The lowest BCUT2D eigenvalue weighted by atomic mass is 10.0. The van der Waals surface area contributed by atoms with Gasteiger partial charge in [-0.3, -0.25) is 0 Å². The summed E-state index contributed by atoms with van der Waals surface area (Å²) >= 11 is 1.90. The van der Waals surface area contributed by atoms with Crippen molar-refractivity contribution in [3.63, 3.8) is 0 Å². The van der Waals surface area contributed by atoms with E-state index < -0.39 is 17.6 Å². The molecule has 7 heteroatoms. The number of carboxylic acid groups (broad SMARTS) is 1. The zero-order valence-corrected chi connectivity index (χ0v) is 15.5. The van der Waals surface area contributed by atoms with Crippen molar-refractivity contribution in [1.29, 1.82) is 0 Å². The van der Waals surface area contributed by atoms with Gasteiger partial charge in [-0.05, 0) is 50.5 Å². The number of urea groups is 1. The number of thioether (sulfide) groups is 1. The summed E-state index contributed by atoms with van der Waals surface area (Å²) in [4.78, 5) is 23.9. The molecule has 6 nitrogen and oxygen atoms in total. The van der Waals surface area contributed by atoms with Crippen LogP contribution in [0, 0.1) is 6.92 Å². The van der Waals surface area contributed by atoms with Gasteiger partial charge < -0.3 is 20.8 Å². The number of amides is 2. The molecule has 0 heterocycles. The van der Waals surface area contributed by atoms with Crippen LogP contribution in [0.3, 0.4) is 0 Å². The maximum atomic E-state index is 11.9. The zero-order valence-electron chi connectivity index (χ0n) is 14.7. The fourth-order valence-corrected chi connectivity index (χ4v) is 4.07. The number of aryl methyl sites for hydroxylation is 1. The van der Waals surface area contributed by atoms with E-state index in [4.69, 9.17) is 5.11 Å². The van der Waals surface area contributed by atoms with Gasteiger partial charge in [0.2, 0.25) is 0 Å². The number of hydrogen-bond donors (Lipinski definition) is 4. The largest absolute Gasteiger partial charge is 0.479 e. The highest BCUT2D eigenvalue weighted by molar-refractivity contribution is 8.00. The lowest BCUT2D eigenvalue weighted by molar-refractivity contribution is -0.155. The third kappa shape index (κ3) is 5.93. The minimum Gasteiger partial charge on any atom is -0.479 e. The Bertz CT molecular complexity index is 628. The third-order valence-corrected chi connectivity index (χ3v) is 5.69. The summed E-state index contributed by atoms with van der Waals surface area (Å²) in [5.41, 5.74) is -0.381. The first-order valence-corrected chi connectivity index (χ1v) is 9.44. The Morgan fingerprint density at radius 3 is 2.56 bits per heavy atom. The molecule has 138 valence electrons. The van der Waals surface area contributed by atoms with Gasteiger partial charge in [-0.2, -0.15) is 0 Å². The van der Waals surface area contributed by atoms with Crippen LogP contribution in [0.4, 0.5) is 10.5 Å². The van der Waals surface area contributed by atoms with Gasteiger partial charge in [0, 0.05) is 15.8 Å². The third-order valence-electron chi connectivity index (χ3n) is 4.35. The van der Waals surface area contributed by atoms with Gasteiger partial charge in [-0.15, -0.1) is 11.8 Å². The molecule has 2 rings (SSSR count). The maximum Gasteiger partial charge on any atom is 0.337 e. The van der Waals surface area contributed by atoms with Gasteiger partial charge in [0.1, 0.15) is 0 Å². The molecule has 0 saturated heterocycles. The van der Waals surface area contributed by atoms with Crippen molar-refractivity contribution in [1.82, 2.24) is 5.32 Å². The van der Waals surface area contributed by atoms with Crippen molar-refractivity contribution in [2.24, 2.45) is 0 Å². The summed E-state index contributed by atoms with van der Waals surface area (Å²) in [7, 11) is 0. The first-order valence-electron chi connectivity index (χ1n) is 8.56. The topological polar surface area (TPSA) is 98.7 Å². The number of rotatable bonds is 6. The molecule has 1 saturated carbocycles. The van der Waals surface area contributed by atoms with E-state index in [1.807, 2.05) is 30.8 Å². The van der Waals surface area contributed by atoms with Crippen molar-refractivity contribution in [3.05, 3.63) is 23.8 Å². The van der Waals surface area contributed by atoms with Crippen molar-refractivity contribution in [2.75, 3.05) is 11.9 Å². The maximum absolute atomic E-state index is 11.9. The number of aliphatic hydroxyl groups is 1. The first kappa shape index (κ1) is 19.6. The van der Waals surface area contributed by atoms with Crippen LogP contribution in [-0.2, 0) is 4.79 Å². The van der Waals surface area contributed by atoms with Gasteiger partial charge >= 0.3 is 12.0 Å². The van der Waals surface area contributed by atoms with E-state index >= 15 is 0 Å². The Morgan fingerprint density at radius 2 is 1.96 bits per heavy atom. The smallest absolute Gasteiger partial charge is 0.337 e. The van der Waals surface area contributed by atoms with Crippen LogP contribution in [-0.4, -0.2) is 39.6 Å². The average Bonchev–Trinajstić information content (AvgIpc) is 2.56. The zero-order chi connectivity index (χ0) is 18.4. The quantitative estimate of drug-likeness (QED) is 0.619. The summed E-state index contributed by atoms with van der Waals surface area (Å²) < 4.78 is 0. The van der Waals surface area contributed by atoms with Crippen LogP contribution < -0.4 is 10.6 Å². The van der Waals surface area contributed by atoms with Crippen LogP contribution in [0.2, 0.25) is 0 Å². The van der Waals surface area contributed by atoms with Crippen LogP contribution in [0.5, 0.6) is 0 Å². The number of anilines is 1. The van der Waals surface area contributed by atoms with E-state index in [0.29, 0.717) is 10.9 Å². The average molecular weight is 366 g/mol. The van der Waals surface area contributed by atoms with Crippen LogP contribution in [0.25, 0.3) is 0 Å². The monoisotopic (exact) mass is 366 g/mol. The molecule has 1 aliphatic rings. The predicted molar refractivity (Wildman–Crippen MR) is 99.2 cm³/mol. The number of carboxylic acids is 1. The van der Waals surface area contributed by atoms with Crippen molar-refractivity contribution >= 4 is 29.4 Å². The highest BCUT2D eigenvalue weighted by atomic mass is 32.2. The molecule has 0 radical (unpaired) electrons. The number of carbonyl (C=O) groups excluding carboxylic acids is 1.